The van der Waals surface area contributed by atoms with Gasteiger partial charge in [0.15, 0.2) is 13.2 Å². The molecule has 0 aliphatic heterocycles. The van der Waals surface area contributed by atoms with Crippen molar-refractivity contribution in [2.24, 2.45) is 5.92 Å². The molecule has 2 rings (SSSR count). The van der Waals surface area contributed by atoms with Crippen molar-refractivity contribution in [3.05, 3.63) is 69.8 Å². The Hall–Kier alpha value is -3.42. The Morgan fingerprint density at radius 1 is 1.00 bits per heavy atom. The first kappa shape index (κ1) is 22.9. The lowest BCUT2D eigenvalue weighted by molar-refractivity contribution is -0.384. The van der Waals surface area contributed by atoms with Crippen molar-refractivity contribution >= 4 is 17.6 Å². The highest BCUT2D eigenvalue weighted by atomic mass is 16.6. The Morgan fingerprint density at radius 2 is 1.63 bits per heavy atom. The number of carbonyl (C=O) groups excluding carboxylic acids is 2. The van der Waals surface area contributed by atoms with E-state index in [-0.39, 0.29) is 17.5 Å². The van der Waals surface area contributed by atoms with Gasteiger partial charge in [0.25, 0.3) is 11.6 Å². The molecule has 2 aromatic rings. The third-order valence-corrected chi connectivity index (χ3v) is 4.27. The molecule has 160 valence electrons. The maximum Gasteiger partial charge on any atom is 0.344 e. The molecule has 0 aliphatic carbocycles. The Balaban J connectivity index is 1.72. The van der Waals surface area contributed by atoms with Crippen LogP contribution < -0.4 is 10.1 Å². The number of esters is 1. The highest BCUT2D eigenvalue weighted by molar-refractivity contribution is 5.81. The molecular weight excluding hydrogens is 388 g/mol. The summed E-state index contributed by atoms with van der Waals surface area (Å²) in [5.41, 5.74) is 2.13. The van der Waals surface area contributed by atoms with Crippen LogP contribution >= 0.6 is 0 Å². The first-order valence-electron chi connectivity index (χ1n) is 9.65. The summed E-state index contributed by atoms with van der Waals surface area (Å²) in [5, 5.41) is 13.4. The van der Waals surface area contributed by atoms with Crippen LogP contribution in [0.15, 0.2) is 48.5 Å². The molecule has 0 unspecified atom stereocenters. The Bertz CT molecular complexity index is 862. The second-order valence-corrected chi connectivity index (χ2v) is 7.33. The van der Waals surface area contributed by atoms with Gasteiger partial charge in [-0.25, -0.2) is 4.79 Å². The second-order valence-electron chi connectivity index (χ2n) is 7.33. The van der Waals surface area contributed by atoms with E-state index in [0.717, 1.165) is 12.0 Å². The molecule has 0 aromatic heterocycles. The summed E-state index contributed by atoms with van der Waals surface area (Å²) < 4.78 is 10.1. The molecule has 1 N–H and O–H groups in total. The van der Waals surface area contributed by atoms with Crippen LogP contribution in [0.4, 0.5) is 5.69 Å². The number of nitrogens with one attached hydrogen (secondary N) is 1. The van der Waals surface area contributed by atoms with Gasteiger partial charge in [-0.2, -0.15) is 0 Å². The number of carbonyl (C=O) groups is 2. The van der Waals surface area contributed by atoms with Gasteiger partial charge in [0.05, 0.1) is 11.0 Å². The van der Waals surface area contributed by atoms with Crippen LogP contribution in [0.5, 0.6) is 5.75 Å². The SMILES string of the molecule is CC(C)Cc1ccc([C@H](C)NC(=O)COC(=O)COc2ccc([N+](=O)[O-])cc2)cc1. The summed E-state index contributed by atoms with van der Waals surface area (Å²) in [6.45, 7) is 5.36. The standard InChI is InChI=1S/C22H26N2O6/c1-15(2)12-17-4-6-18(7-5-17)16(3)23-21(25)13-30-22(26)14-29-20-10-8-19(9-11-20)24(27)28/h4-11,15-16H,12-14H2,1-3H3,(H,23,25)/t16-/m0/s1. The highest BCUT2D eigenvalue weighted by Gasteiger charge is 2.13. The number of non-ortho nitro benzene ring substituents is 1. The number of nitrogens with zero attached hydrogens (tertiary/aromatic N) is 1. The second kappa shape index (κ2) is 10.9. The molecule has 2 aromatic carbocycles. The third-order valence-electron chi connectivity index (χ3n) is 4.27. The molecule has 1 atom stereocenters. The minimum absolute atomic E-state index is 0.0784. The van der Waals surface area contributed by atoms with Crippen molar-refractivity contribution < 1.29 is 24.0 Å². The lowest BCUT2D eigenvalue weighted by Gasteiger charge is -2.15. The molecule has 0 radical (unpaired) electrons. The largest absolute Gasteiger partial charge is 0.482 e. The lowest BCUT2D eigenvalue weighted by Crippen LogP contribution is -2.31. The van der Waals surface area contributed by atoms with Gasteiger partial charge in [-0.1, -0.05) is 38.1 Å². The quantitative estimate of drug-likeness (QED) is 0.362. The van der Waals surface area contributed by atoms with E-state index in [1.807, 2.05) is 31.2 Å². The van der Waals surface area contributed by atoms with E-state index in [4.69, 9.17) is 9.47 Å². The van der Waals surface area contributed by atoms with Crippen molar-refractivity contribution in [1.29, 1.82) is 0 Å². The van der Waals surface area contributed by atoms with E-state index < -0.39 is 30.0 Å². The minimum atomic E-state index is -0.714. The van der Waals surface area contributed by atoms with E-state index in [9.17, 15) is 19.7 Å². The molecule has 0 spiro atoms. The molecular formula is C22H26N2O6. The van der Waals surface area contributed by atoms with Crippen LogP contribution in [0.3, 0.4) is 0 Å². The first-order valence-corrected chi connectivity index (χ1v) is 9.65. The van der Waals surface area contributed by atoms with Crippen LogP contribution in [0.2, 0.25) is 0 Å². The smallest absolute Gasteiger partial charge is 0.344 e. The summed E-state index contributed by atoms with van der Waals surface area (Å²) in [6, 6.07) is 13.1. The van der Waals surface area contributed by atoms with E-state index in [1.54, 1.807) is 0 Å². The summed E-state index contributed by atoms with van der Waals surface area (Å²) in [7, 11) is 0. The van der Waals surface area contributed by atoms with Crippen LogP contribution in [0, 0.1) is 16.0 Å². The van der Waals surface area contributed by atoms with Gasteiger partial charge in [0, 0.05) is 12.1 Å². The van der Waals surface area contributed by atoms with Gasteiger partial charge in [0.2, 0.25) is 0 Å². The molecule has 0 saturated heterocycles. The van der Waals surface area contributed by atoms with Gasteiger partial charge < -0.3 is 14.8 Å². The maximum absolute atomic E-state index is 12.0. The van der Waals surface area contributed by atoms with E-state index >= 15 is 0 Å². The molecule has 8 nitrogen and oxygen atoms in total. The zero-order chi connectivity index (χ0) is 22.1. The topological polar surface area (TPSA) is 108 Å². The molecule has 0 heterocycles. The molecule has 0 fully saturated rings. The van der Waals surface area contributed by atoms with E-state index in [2.05, 4.69) is 19.2 Å². The number of nitro groups is 1. The molecule has 0 aliphatic rings. The maximum atomic E-state index is 12.0. The Labute approximate surface area is 175 Å². The summed E-state index contributed by atoms with van der Waals surface area (Å²) >= 11 is 0. The van der Waals surface area contributed by atoms with Crippen LogP contribution in [0.25, 0.3) is 0 Å². The van der Waals surface area contributed by atoms with Gasteiger partial charge in [0.1, 0.15) is 5.75 Å². The fourth-order valence-corrected chi connectivity index (χ4v) is 2.77. The van der Waals surface area contributed by atoms with Crippen molar-refractivity contribution in [3.8, 4) is 5.75 Å². The Morgan fingerprint density at radius 3 is 2.20 bits per heavy atom. The summed E-state index contributed by atoms with van der Waals surface area (Å²) in [5.74, 6) is -0.268. The lowest BCUT2D eigenvalue weighted by atomic mass is 10.00. The number of benzene rings is 2. The zero-order valence-electron chi connectivity index (χ0n) is 17.3. The van der Waals surface area contributed by atoms with E-state index in [0.29, 0.717) is 5.92 Å². The molecule has 8 heteroatoms. The number of ether oxygens (including phenoxy) is 2. The molecule has 1 amide bonds. The monoisotopic (exact) mass is 414 g/mol. The highest BCUT2D eigenvalue weighted by Crippen LogP contribution is 2.17. The van der Waals surface area contributed by atoms with Gasteiger partial charge in [-0.05, 0) is 42.5 Å². The average Bonchev–Trinajstić information content (AvgIpc) is 2.71. The predicted octanol–water partition coefficient (Wildman–Crippen LogP) is 3.59. The average molecular weight is 414 g/mol. The molecule has 0 saturated carbocycles. The predicted molar refractivity (Wildman–Crippen MR) is 111 cm³/mol. The van der Waals surface area contributed by atoms with Crippen molar-refractivity contribution in [3.63, 3.8) is 0 Å². The number of hydrogen-bond acceptors (Lipinski definition) is 6. The summed E-state index contributed by atoms with van der Waals surface area (Å²) in [6.07, 6.45) is 0.999. The number of rotatable bonds is 10. The van der Waals surface area contributed by atoms with Crippen molar-refractivity contribution in [1.82, 2.24) is 5.32 Å². The zero-order valence-corrected chi connectivity index (χ0v) is 17.3. The fourth-order valence-electron chi connectivity index (χ4n) is 2.77. The van der Waals surface area contributed by atoms with Crippen molar-refractivity contribution in [2.75, 3.05) is 13.2 Å². The molecule has 30 heavy (non-hydrogen) atoms. The number of amides is 1. The Kier molecular flexibility index (Phi) is 8.34. The van der Waals surface area contributed by atoms with Crippen LogP contribution in [-0.4, -0.2) is 30.0 Å². The number of nitro benzene ring substituents is 1. The summed E-state index contributed by atoms with van der Waals surface area (Å²) in [4.78, 5) is 33.8. The minimum Gasteiger partial charge on any atom is -0.482 e. The van der Waals surface area contributed by atoms with Gasteiger partial charge >= 0.3 is 5.97 Å². The van der Waals surface area contributed by atoms with Gasteiger partial charge in [-0.3, -0.25) is 14.9 Å². The van der Waals surface area contributed by atoms with Crippen LogP contribution in [0.1, 0.15) is 37.9 Å². The van der Waals surface area contributed by atoms with Crippen LogP contribution in [-0.2, 0) is 20.7 Å². The normalized spacial score (nSPS) is 11.6. The van der Waals surface area contributed by atoms with Crippen molar-refractivity contribution in [2.45, 2.75) is 33.2 Å². The number of hydrogen-bond donors (Lipinski definition) is 1. The van der Waals surface area contributed by atoms with E-state index in [1.165, 1.54) is 29.8 Å². The third kappa shape index (κ3) is 7.54. The van der Waals surface area contributed by atoms with Gasteiger partial charge in [-0.15, -0.1) is 0 Å². The fraction of sp³-hybridized carbons (Fsp3) is 0.364. The molecule has 0 bridgehead atoms. The first-order chi connectivity index (χ1) is 14.2.